The smallest absolute Gasteiger partial charge is 0.194 e. The summed E-state index contributed by atoms with van der Waals surface area (Å²) in [6, 6.07) is 4.57. The lowest BCUT2D eigenvalue weighted by molar-refractivity contribution is 0.248. The summed E-state index contributed by atoms with van der Waals surface area (Å²) in [5.74, 6) is -3.64. The molecule has 0 unspecified atom stereocenters. The van der Waals surface area contributed by atoms with E-state index in [0.717, 1.165) is 12.1 Å². The molecule has 2 nitrogen and oxygen atoms in total. The van der Waals surface area contributed by atoms with Gasteiger partial charge in [0.25, 0.3) is 0 Å². The lowest BCUT2D eigenvalue weighted by atomic mass is 10.1. The fraction of sp³-hybridized carbons (Fsp3) is 0.0909. The molecule has 0 amide bonds. The Morgan fingerprint density at radius 3 is 2.19 bits per heavy atom. The van der Waals surface area contributed by atoms with Crippen LogP contribution in [0.1, 0.15) is 5.76 Å². The Kier molecular flexibility index (Phi) is 2.70. The molecule has 1 aromatic carbocycles. The van der Waals surface area contributed by atoms with Gasteiger partial charge in [0.1, 0.15) is 18.1 Å². The number of hydrogen-bond donors (Lipinski definition) is 1. The molecule has 16 heavy (non-hydrogen) atoms. The number of benzene rings is 1. The Morgan fingerprint density at radius 2 is 1.69 bits per heavy atom. The molecule has 0 spiro atoms. The van der Waals surface area contributed by atoms with Crippen LogP contribution in [0.5, 0.6) is 0 Å². The van der Waals surface area contributed by atoms with E-state index in [-0.39, 0.29) is 23.7 Å². The van der Waals surface area contributed by atoms with Crippen LogP contribution in [0.3, 0.4) is 0 Å². The Morgan fingerprint density at radius 1 is 1.06 bits per heavy atom. The van der Waals surface area contributed by atoms with Gasteiger partial charge in [-0.3, -0.25) is 0 Å². The van der Waals surface area contributed by atoms with Crippen LogP contribution in [0, 0.1) is 17.5 Å². The van der Waals surface area contributed by atoms with Gasteiger partial charge in [-0.05, 0) is 24.3 Å². The van der Waals surface area contributed by atoms with Crippen molar-refractivity contribution in [2.45, 2.75) is 6.61 Å². The second-order valence-corrected chi connectivity index (χ2v) is 3.18. The standard InChI is InChI=1S/C11H7F3O2/c12-8-3-6(4-9(13)11(8)14)10-2-1-7(5-15)16-10/h1-4,15H,5H2. The summed E-state index contributed by atoms with van der Waals surface area (Å²) in [5.41, 5.74) is 0.0797. The van der Waals surface area contributed by atoms with Crippen LogP contribution in [0.15, 0.2) is 28.7 Å². The molecule has 1 N–H and O–H groups in total. The lowest BCUT2D eigenvalue weighted by Crippen LogP contribution is -1.91. The molecular formula is C11H7F3O2. The second-order valence-electron chi connectivity index (χ2n) is 3.18. The first-order valence-corrected chi connectivity index (χ1v) is 4.46. The van der Waals surface area contributed by atoms with Crippen molar-refractivity contribution in [1.29, 1.82) is 0 Å². The Bertz CT molecular complexity index is 497. The molecule has 5 heteroatoms. The molecule has 1 heterocycles. The third-order valence-corrected chi connectivity index (χ3v) is 2.09. The predicted octanol–water partition coefficient (Wildman–Crippen LogP) is 2.86. The lowest BCUT2D eigenvalue weighted by Gasteiger charge is -2.00. The topological polar surface area (TPSA) is 33.4 Å². The van der Waals surface area contributed by atoms with Crippen LogP contribution in [0.4, 0.5) is 13.2 Å². The molecule has 0 bridgehead atoms. The number of hydrogen-bond acceptors (Lipinski definition) is 2. The number of furan rings is 1. The van der Waals surface area contributed by atoms with E-state index in [4.69, 9.17) is 9.52 Å². The fourth-order valence-electron chi connectivity index (χ4n) is 1.32. The summed E-state index contributed by atoms with van der Waals surface area (Å²) >= 11 is 0. The first-order valence-electron chi connectivity index (χ1n) is 4.46. The normalized spacial score (nSPS) is 10.8. The molecule has 2 rings (SSSR count). The highest BCUT2D eigenvalue weighted by Gasteiger charge is 2.13. The van der Waals surface area contributed by atoms with Crippen molar-refractivity contribution in [3.05, 3.63) is 47.5 Å². The van der Waals surface area contributed by atoms with Gasteiger partial charge < -0.3 is 9.52 Å². The minimum absolute atomic E-state index is 0.0797. The van der Waals surface area contributed by atoms with Crippen molar-refractivity contribution < 1.29 is 22.7 Å². The maximum Gasteiger partial charge on any atom is 0.194 e. The van der Waals surface area contributed by atoms with Crippen LogP contribution < -0.4 is 0 Å². The molecule has 0 saturated heterocycles. The molecule has 0 atom stereocenters. The average molecular weight is 228 g/mol. The zero-order chi connectivity index (χ0) is 11.7. The van der Waals surface area contributed by atoms with Crippen molar-refractivity contribution >= 4 is 0 Å². The molecule has 2 aromatic rings. The van der Waals surface area contributed by atoms with Gasteiger partial charge >= 0.3 is 0 Å². The van der Waals surface area contributed by atoms with Crippen molar-refractivity contribution in [2.75, 3.05) is 0 Å². The van der Waals surface area contributed by atoms with Crippen molar-refractivity contribution in [3.63, 3.8) is 0 Å². The van der Waals surface area contributed by atoms with E-state index < -0.39 is 17.5 Å². The summed E-state index contributed by atoms with van der Waals surface area (Å²) in [6.45, 7) is -0.313. The van der Waals surface area contributed by atoms with E-state index >= 15 is 0 Å². The minimum Gasteiger partial charge on any atom is -0.459 e. The number of rotatable bonds is 2. The van der Waals surface area contributed by atoms with Crippen molar-refractivity contribution in [2.24, 2.45) is 0 Å². The zero-order valence-corrected chi connectivity index (χ0v) is 8.01. The van der Waals surface area contributed by atoms with Gasteiger partial charge in [0.15, 0.2) is 17.5 Å². The first kappa shape index (κ1) is 10.8. The molecule has 1 aromatic heterocycles. The molecule has 0 aliphatic heterocycles. The van der Waals surface area contributed by atoms with Gasteiger partial charge in [-0.2, -0.15) is 0 Å². The summed E-state index contributed by atoms with van der Waals surface area (Å²) < 4.78 is 43.6. The molecule has 0 fully saturated rings. The van der Waals surface area contributed by atoms with Gasteiger partial charge in [-0.25, -0.2) is 13.2 Å². The van der Waals surface area contributed by atoms with Crippen molar-refractivity contribution in [3.8, 4) is 11.3 Å². The van der Waals surface area contributed by atoms with E-state index in [1.54, 1.807) is 0 Å². The molecule has 0 aliphatic rings. The van der Waals surface area contributed by atoms with Crippen LogP contribution >= 0.6 is 0 Å². The zero-order valence-electron chi connectivity index (χ0n) is 8.01. The first-order chi connectivity index (χ1) is 7.61. The van der Waals surface area contributed by atoms with Crippen LogP contribution in [-0.2, 0) is 6.61 Å². The summed E-state index contributed by atoms with van der Waals surface area (Å²) in [6.07, 6.45) is 0. The molecular weight excluding hydrogens is 221 g/mol. The van der Waals surface area contributed by atoms with Crippen LogP contribution in [-0.4, -0.2) is 5.11 Å². The number of halogens is 3. The Labute approximate surface area is 88.9 Å². The molecule has 0 radical (unpaired) electrons. The van der Waals surface area contributed by atoms with E-state index in [2.05, 4.69) is 0 Å². The number of aliphatic hydroxyl groups is 1. The van der Waals surface area contributed by atoms with Gasteiger partial charge in [0.2, 0.25) is 0 Å². The van der Waals surface area contributed by atoms with Gasteiger partial charge in [-0.15, -0.1) is 0 Å². The van der Waals surface area contributed by atoms with Crippen LogP contribution in [0.25, 0.3) is 11.3 Å². The summed E-state index contributed by atoms with van der Waals surface area (Å²) in [4.78, 5) is 0. The largest absolute Gasteiger partial charge is 0.459 e. The SMILES string of the molecule is OCc1ccc(-c2cc(F)c(F)c(F)c2)o1. The third kappa shape index (κ3) is 1.81. The summed E-state index contributed by atoms with van der Waals surface area (Å²) in [5, 5.41) is 8.75. The van der Waals surface area contributed by atoms with Crippen molar-refractivity contribution in [1.82, 2.24) is 0 Å². The predicted molar refractivity (Wildman–Crippen MR) is 49.9 cm³/mol. The van der Waals surface area contributed by atoms with Gasteiger partial charge in [0, 0.05) is 5.56 Å². The minimum atomic E-state index is -1.52. The molecule has 84 valence electrons. The highest BCUT2D eigenvalue weighted by Crippen LogP contribution is 2.25. The molecule has 0 aliphatic carbocycles. The highest BCUT2D eigenvalue weighted by atomic mass is 19.2. The monoisotopic (exact) mass is 228 g/mol. The maximum absolute atomic E-state index is 12.9. The van der Waals surface area contributed by atoms with E-state index in [1.807, 2.05) is 0 Å². The van der Waals surface area contributed by atoms with Gasteiger partial charge in [-0.1, -0.05) is 0 Å². The number of aliphatic hydroxyl groups excluding tert-OH is 1. The third-order valence-electron chi connectivity index (χ3n) is 2.09. The molecule has 0 saturated carbocycles. The Balaban J connectivity index is 2.48. The maximum atomic E-state index is 12.9. The fourth-order valence-corrected chi connectivity index (χ4v) is 1.32. The second kappa shape index (κ2) is 4.02. The quantitative estimate of drug-likeness (QED) is 0.802. The van der Waals surface area contributed by atoms with Crippen LogP contribution in [0.2, 0.25) is 0 Å². The highest BCUT2D eigenvalue weighted by molar-refractivity contribution is 5.57. The average Bonchev–Trinajstić information content (AvgIpc) is 2.73. The van der Waals surface area contributed by atoms with E-state index in [9.17, 15) is 13.2 Å². The Hall–Kier alpha value is -1.75. The van der Waals surface area contributed by atoms with Gasteiger partial charge in [0.05, 0.1) is 0 Å². The van der Waals surface area contributed by atoms with E-state index in [1.165, 1.54) is 12.1 Å². The van der Waals surface area contributed by atoms with E-state index in [0.29, 0.717) is 0 Å². The summed E-state index contributed by atoms with van der Waals surface area (Å²) in [7, 11) is 0.